The van der Waals surface area contributed by atoms with Crippen molar-refractivity contribution in [2.75, 3.05) is 13.7 Å². The predicted molar refractivity (Wildman–Crippen MR) is 65.6 cm³/mol. The Bertz CT molecular complexity index is 461. The second-order valence-corrected chi connectivity index (χ2v) is 5.07. The van der Waals surface area contributed by atoms with Crippen molar-refractivity contribution in [1.82, 2.24) is 10.1 Å². The maximum Gasteiger partial charge on any atom is 0.323 e. The molecule has 0 unspecified atom stereocenters. The van der Waals surface area contributed by atoms with Gasteiger partial charge in [0, 0.05) is 18.7 Å². The minimum absolute atomic E-state index is 0.0724. The molecule has 1 rings (SSSR count). The summed E-state index contributed by atoms with van der Waals surface area (Å²) in [6.45, 7) is 5.07. The van der Waals surface area contributed by atoms with E-state index in [1.54, 1.807) is 20.8 Å². The normalized spacial score (nSPS) is 11.4. The fourth-order valence-corrected chi connectivity index (χ4v) is 1.51. The average molecular weight is 270 g/mol. The number of methoxy groups -OCH3 is 1. The second kappa shape index (κ2) is 5.83. The van der Waals surface area contributed by atoms with Crippen LogP contribution in [0.4, 0.5) is 0 Å². The smallest absolute Gasteiger partial charge is 0.323 e. The van der Waals surface area contributed by atoms with Crippen LogP contribution < -0.4 is 0 Å². The lowest BCUT2D eigenvalue weighted by molar-refractivity contribution is -0.138. The first-order valence-corrected chi connectivity index (χ1v) is 5.74. The topological polar surface area (TPSA) is 92.9 Å². The summed E-state index contributed by atoms with van der Waals surface area (Å²) in [6.07, 6.45) is 0. The number of ether oxygens (including phenoxy) is 1. The molecule has 1 aromatic heterocycles. The molecule has 1 N–H and O–H groups in total. The Kier molecular flexibility index (Phi) is 4.66. The molecule has 106 valence electrons. The van der Waals surface area contributed by atoms with E-state index in [-0.39, 0.29) is 12.3 Å². The molecule has 0 fully saturated rings. The Morgan fingerprint density at radius 1 is 1.47 bits per heavy atom. The van der Waals surface area contributed by atoms with Crippen LogP contribution >= 0.6 is 0 Å². The molecular formula is C12H18N2O5. The van der Waals surface area contributed by atoms with E-state index >= 15 is 0 Å². The molecule has 0 radical (unpaired) electrons. The van der Waals surface area contributed by atoms with Crippen LogP contribution in [0, 0.1) is 0 Å². The van der Waals surface area contributed by atoms with Crippen molar-refractivity contribution in [3.8, 4) is 0 Å². The fraction of sp³-hybridized carbons (Fsp3) is 0.583. The van der Waals surface area contributed by atoms with E-state index in [2.05, 4.69) is 5.16 Å². The summed E-state index contributed by atoms with van der Waals surface area (Å²) in [6, 6.07) is 1.45. The van der Waals surface area contributed by atoms with Crippen molar-refractivity contribution in [1.29, 1.82) is 0 Å². The quantitative estimate of drug-likeness (QED) is 0.862. The molecule has 19 heavy (non-hydrogen) atoms. The highest BCUT2D eigenvalue weighted by Gasteiger charge is 2.31. The third kappa shape index (κ3) is 4.06. The number of nitrogens with zero attached hydrogens (tertiary/aromatic N) is 2. The molecule has 7 nitrogen and oxygen atoms in total. The third-order valence-electron chi connectivity index (χ3n) is 2.41. The Hall–Kier alpha value is -1.89. The lowest BCUT2D eigenvalue weighted by Gasteiger charge is -2.33. The number of aromatic nitrogens is 1. The van der Waals surface area contributed by atoms with E-state index in [0.29, 0.717) is 5.76 Å². The number of aliphatic carboxylic acids is 1. The van der Waals surface area contributed by atoms with Gasteiger partial charge in [-0.3, -0.25) is 9.59 Å². The Morgan fingerprint density at radius 2 is 2.11 bits per heavy atom. The van der Waals surface area contributed by atoms with Gasteiger partial charge in [-0.2, -0.15) is 0 Å². The first kappa shape index (κ1) is 15.2. The van der Waals surface area contributed by atoms with Crippen molar-refractivity contribution in [3.63, 3.8) is 0 Å². The molecule has 0 atom stereocenters. The van der Waals surface area contributed by atoms with Crippen LogP contribution in [0.25, 0.3) is 0 Å². The summed E-state index contributed by atoms with van der Waals surface area (Å²) >= 11 is 0. The zero-order valence-corrected chi connectivity index (χ0v) is 11.5. The molecule has 7 heteroatoms. The first-order valence-electron chi connectivity index (χ1n) is 5.74. The Balaban J connectivity index is 2.95. The predicted octanol–water partition coefficient (Wildman–Crippen LogP) is 1.15. The van der Waals surface area contributed by atoms with Gasteiger partial charge in [0.1, 0.15) is 13.2 Å². The monoisotopic (exact) mass is 270 g/mol. The van der Waals surface area contributed by atoms with E-state index in [9.17, 15) is 9.59 Å². The molecule has 1 amide bonds. The molecule has 0 aliphatic carbocycles. The van der Waals surface area contributed by atoms with Crippen LogP contribution in [-0.4, -0.2) is 46.2 Å². The molecule has 0 aliphatic rings. The minimum Gasteiger partial charge on any atom is -0.480 e. The number of carboxylic acids is 1. The molecule has 0 bridgehead atoms. The highest BCUT2D eigenvalue weighted by atomic mass is 16.5. The van der Waals surface area contributed by atoms with Crippen LogP contribution in [0.2, 0.25) is 0 Å². The van der Waals surface area contributed by atoms with Gasteiger partial charge >= 0.3 is 5.97 Å². The van der Waals surface area contributed by atoms with Gasteiger partial charge in [-0.25, -0.2) is 0 Å². The molecule has 0 spiro atoms. The van der Waals surface area contributed by atoms with Gasteiger partial charge in [0.25, 0.3) is 5.91 Å². The maximum absolute atomic E-state index is 12.2. The Morgan fingerprint density at radius 3 is 2.58 bits per heavy atom. The summed E-state index contributed by atoms with van der Waals surface area (Å²) in [5.41, 5.74) is -0.557. The van der Waals surface area contributed by atoms with Gasteiger partial charge in [0.2, 0.25) is 0 Å². The zero-order valence-electron chi connectivity index (χ0n) is 11.5. The number of hydrogen-bond acceptors (Lipinski definition) is 5. The highest BCUT2D eigenvalue weighted by Crippen LogP contribution is 2.17. The highest BCUT2D eigenvalue weighted by molar-refractivity contribution is 5.94. The number of hydrogen-bond donors (Lipinski definition) is 1. The number of rotatable bonds is 5. The molecule has 0 aromatic carbocycles. The van der Waals surface area contributed by atoms with Crippen molar-refractivity contribution in [2.45, 2.75) is 32.9 Å². The summed E-state index contributed by atoms with van der Waals surface area (Å²) in [5, 5.41) is 12.5. The van der Waals surface area contributed by atoms with Crippen molar-refractivity contribution >= 4 is 11.9 Å². The molecule has 0 saturated heterocycles. The van der Waals surface area contributed by atoms with Gasteiger partial charge in [0.15, 0.2) is 11.5 Å². The minimum atomic E-state index is -1.08. The number of amides is 1. The van der Waals surface area contributed by atoms with Gasteiger partial charge in [0.05, 0.1) is 0 Å². The van der Waals surface area contributed by atoms with Crippen LogP contribution in [0.5, 0.6) is 0 Å². The largest absolute Gasteiger partial charge is 0.480 e. The Labute approximate surface area is 111 Å². The van der Waals surface area contributed by atoms with Crippen molar-refractivity contribution in [3.05, 3.63) is 17.5 Å². The van der Waals surface area contributed by atoms with Crippen LogP contribution in [0.15, 0.2) is 10.6 Å². The molecule has 0 saturated carbocycles. The average Bonchev–Trinajstić information content (AvgIpc) is 2.72. The summed E-state index contributed by atoms with van der Waals surface area (Å²) in [5.74, 6) is -1.15. The van der Waals surface area contributed by atoms with Crippen LogP contribution in [0.3, 0.4) is 0 Å². The molecule has 1 heterocycles. The van der Waals surface area contributed by atoms with E-state index in [0.717, 1.165) is 0 Å². The molecular weight excluding hydrogens is 252 g/mol. The zero-order chi connectivity index (χ0) is 14.6. The summed E-state index contributed by atoms with van der Waals surface area (Å²) in [4.78, 5) is 24.3. The lowest BCUT2D eigenvalue weighted by Crippen LogP contribution is -2.48. The van der Waals surface area contributed by atoms with Gasteiger partial charge in [-0.1, -0.05) is 5.16 Å². The first-order chi connectivity index (χ1) is 8.75. The van der Waals surface area contributed by atoms with Gasteiger partial charge in [-0.15, -0.1) is 0 Å². The van der Waals surface area contributed by atoms with E-state index in [1.807, 2.05) is 0 Å². The lowest BCUT2D eigenvalue weighted by atomic mass is 10.1. The maximum atomic E-state index is 12.2. The second-order valence-electron chi connectivity index (χ2n) is 5.07. The van der Waals surface area contributed by atoms with E-state index < -0.39 is 24.0 Å². The van der Waals surface area contributed by atoms with Crippen molar-refractivity contribution < 1.29 is 24.0 Å². The van der Waals surface area contributed by atoms with Gasteiger partial charge < -0.3 is 19.3 Å². The summed E-state index contributed by atoms with van der Waals surface area (Å²) in [7, 11) is 1.50. The molecule has 1 aromatic rings. The fourth-order valence-electron chi connectivity index (χ4n) is 1.51. The number of carbonyl (C=O) groups is 2. The van der Waals surface area contributed by atoms with Gasteiger partial charge in [-0.05, 0) is 20.8 Å². The standard InChI is InChI=1S/C12H18N2O5/c1-12(2,3)14(6-10(15)16)11(17)9-5-8(7-18-4)19-13-9/h5H,6-7H2,1-4H3,(H,15,16). The van der Waals surface area contributed by atoms with Crippen molar-refractivity contribution in [2.24, 2.45) is 0 Å². The number of carbonyl (C=O) groups excluding carboxylic acids is 1. The van der Waals surface area contributed by atoms with Crippen LogP contribution in [-0.2, 0) is 16.1 Å². The van der Waals surface area contributed by atoms with Crippen LogP contribution in [0.1, 0.15) is 37.0 Å². The number of carboxylic acid groups (broad SMARTS) is 1. The van der Waals surface area contributed by atoms with E-state index in [1.165, 1.54) is 18.1 Å². The summed E-state index contributed by atoms with van der Waals surface area (Å²) < 4.78 is 9.78. The van der Waals surface area contributed by atoms with E-state index in [4.69, 9.17) is 14.4 Å². The molecule has 0 aliphatic heterocycles. The SMILES string of the molecule is COCc1cc(C(=O)N(CC(=O)O)C(C)(C)C)no1. The third-order valence-corrected chi connectivity index (χ3v) is 2.41.